The molecule has 2 aromatic rings. The van der Waals surface area contributed by atoms with Crippen molar-refractivity contribution in [2.24, 2.45) is 5.92 Å². The Balaban J connectivity index is 0.000000427. The fraction of sp³-hybridized carbons (Fsp3) is 0.391. The number of ether oxygens (including phenoxy) is 1. The number of hydrogen-bond acceptors (Lipinski definition) is 7. The average molecular weight is 462 g/mol. The maximum absolute atomic E-state index is 14.4. The number of ketones is 2. The van der Waals surface area contributed by atoms with Gasteiger partial charge in [0.25, 0.3) is 0 Å². The van der Waals surface area contributed by atoms with Crippen LogP contribution in [0.25, 0.3) is 0 Å². The van der Waals surface area contributed by atoms with Gasteiger partial charge >= 0.3 is 11.9 Å². The largest absolute Gasteiger partial charge is 0.476 e. The lowest BCUT2D eigenvalue weighted by molar-refractivity contribution is -0.148. The van der Waals surface area contributed by atoms with Crippen LogP contribution < -0.4 is 4.74 Å². The molecule has 1 unspecified atom stereocenters. The minimum atomic E-state index is -1.38. The molecule has 0 amide bonds. The molecule has 32 heavy (non-hydrogen) atoms. The third-order valence-corrected chi connectivity index (χ3v) is 6.35. The number of thiophene rings is 1. The van der Waals surface area contributed by atoms with Gasteiger partial charge < -0.3 is 9.84 Å². The Hall–Kier alpha value is -2.91. The molecule has 0 spiro atoms. The van der Waals surface area contributed by atoms with E-state index >= 15 is 0 Å². The summed E-state index contributed by atoms with van der Waals surface area (Å²) in [6.07, 6.45) is 2.57. The highest BCUT2D eigenvalue weighted by atomic mass is 32.1. The molecule has 7 nitrogen and oxygen atoms in total. The lowest BCUT2D eigenvalue weighted by Gasteiger charge is -2.34. The fourth-order valence-electron chi connectivity index (χ4n) is 3.56. The van der Waals surface area contributed by atoms with Gasteiger partial charge in [-0.05, 0) is 37.0 Å². The van der Waals surface area contributed by atoms with Gasteiger partial charge in [0, 0.05) is 43.3 Å². The van der Waals surface area contributed by atoms with E-state index in [1.54, 1.807) is 18.2 Å². The number of carboxylic acid groups (broad SMARTS) is 1. The first-order valence-electron chi connectivity index (χ1n) is 10.2. The van der Waals surface area contributed by atoms with Gasteiger partial charge in [0.1, 0.15) is 5.82 Å². The first-order chi connectivity index (χ1) is 15.2. The number of hydrogen-bond donors (Lipinski definition) is 1. The maximum atomic E-state index is 14.4. The van der Waals surface area contributed by atoms with Crippen molar-refractivity contribution in [2.45, 2.75) is 45.7 Å². The van der Waals surface area contributed by atoms with Crippen molar-refractivity contribution >= 4 is 34.8 Å². The minimum absolute atomic E-state index is 0.0556. The van der Waals surface area contributed by atoms with E-state index in [2.05, 4.69) is 4.90 Å². The molecule has 9 heteroatoms. The van der Waals surface area contributed by atoms with Crippen molar-refractivity contribution in [3.05, 3.63) is 52.2 Å². The predicted octanol–water partition coefficient (Wildman–Crippen LogP) is 3.55. The van der Waals surface area contributed by atoms with Crippen molar-refractivity contribution in [3.8, 4) is 5.06 Å². The summed E-state index contributed by atoms with van der Waals surface area (Å²) >= 11 is 1.47. The second-order valence-electron chi connectivity index (χ2n) is 7.79. The van der Waals surface area contributed by atoms with Gasteiger partial charge in [-0.25, -0.2) is 9.18 Å². The number of carbonyl (C=O) groups excluding carboxylic acids is 3. The van der Waals surface area contributed by atoms with E-state index in [1.807, 2.05) is 6.07 Å². The van der Waals surface area contributed by atoms with Gasteiger partial charge in [-0.1, -0.05) is 18.2 Å². The van der Waals surface area contributed by atoms with Crippen LogP contribution in [0.4, 0.5) is 4.39 Å². The normalized spacial score (nSPS) is 16.2. The van der Waals surface area contributed by atoms with Gasteiger partial charge in [0.15, 0.2) is 10.8 Å². The van der Waals surface area contributed by atoms with Crippen LogP contribution in [0.15, 0.2) is 30.3 Å². The number of rotatable bonds is 6. The molecule has 1 aliphatic carbocycles. The molecule has 1 atom stereocenters. The Morgan fingerprint density at radius 2 is 1.84 bits per heavy atom. The highest BCUT2D eigenvalue weighted by Gasteiger charge is 2.40. The molecular formula is C23H24FNO6S. The number of halogens is 1. The van der Waals surface area contributed by atoms with Crippen LogP contribution >= 0.6 is 11.3 Å². The Morgan fingerprint density at radius 1 is 1.19 bits per heavy atom. The smallest absolute Gasteiger partial charge is 0.371 e. The topological polar surface area (TPSA) is 101 Å². The molecule has 0 radical (unpaired) electrons. The van der Waals surface area contributed by atoms with Gasteiger partial charge in [-0.2, -0.15) is 0 Å². The summed E-state index contributed by atoms with van der Waals surface area (Å²) < 4.78 is 19.6. The summed E-state index contributed by atoms with van der Waals surface area (Å²) in [6.45, 7) is 3.63. The van der Waals surface area contributed by atoms with Crippen LogP contribution in [0.2, 0.25) is 0 Å². The van der Waals surface area contributed by atoms with E-state index in [9.17, 15) is 23.6 Å². The average Bonchev–Trinajstić information content (AvgIpc) is 3.50. The lowest BCUT2D eigenvalue weighted by Crippen LogP contribution is -2.38. The zero-order valence-electron chi connectivity index (χ0n) is 17.8. The molecule has 2 aliphatic rings. The summed E-state index contributed by atoms with van der Waals surface area (Å²) in [5.74, 6) is -2.70. The highest BCUT2D eigenvalue weighted by Crippen LogP contribution is 2.41. The van der Waals surface area contributed by atoms with Crippen molar-refractivity contribution in [1.29, 1.82) is 0 Å². The standard InChI is InChI=1S/C20H20FNO3S.C3H4O3/c1-12(23)25-18-10-14-11-22(9-8-17(14)26-18)19(20(24)13-6-7-13)15-4-2-3-5-16(15)21;1-2(4)3(5)6/h2-5,10,13,19H,6-9,11H2,1H3;1H3,(H,5,6). The first kappa shape index (κ1) is 23.7. The highest BCUT2D eigenvalue weighted by molar-refractivity contribution is 7.14. The van der Waals surface area contributed by atoms with E-state index in [-0.39, 0.29) is 23.5 Å². The van der Waals surface area contributed by atoms with Crippen molar-refractivity contribution in [1.82, 2.24) is 4.90 Å². The molecule has 1 aromatic carbocycles. The maximum Gasteiger partial charge on any atom is 0.371 e. The van der Waals surface area contributed by atoms with Gasteiger partial charge in [-0.15, -0.1) is 11.3 Å². The van der Waals surface area contributed by atoms with Gasteiger partial charge in [0.05, 0.1) is 6.04 Å². The van der Waals surface area contributed by atoms with Crippen LogP contribution in [0, 0.1) is 11.7 Å². The third-order valence-electron chi connectivity index (χ3n) is 5.23. The second-order valence-corrected chi connectivity index (χ2v) is 8.89. The summed E-state index contributed by atoms with van der Waals surface area (Å²) in [5.41, 5.74) is 1.52. The molecule has 4 rings (SSSR count). The monoisotopic (exact) mass is 461 g/mol. The second kappa shape index (κ2) is 10.1. The summed E-state index contributed by atoms with van der Waals surface area (Å²) in [6, 6.07) is 7.89. The van der Waals surface area contributed by atoms with Crippen molar-refractivity contribution in [2.75, 3.05) is 6.54 Å². The van der Waals surface area contributed by atoms with Crippen LogP contribution in [0.3, 0.4) is 0 Å². The number of aliphatic carboxylic acids is 1. The number of carbonyl (C=O) groups is 4. The molecular weight excluding hydrogens is 437 g/mol. The molecule has 0 bridgehead atoms. The van der Waals surface area contributed by atoms with E-state index in [0.29, 0.717) is 23.7 Å². The molecule has 1 saturated carbocycles. The fourth-order valence-corrected chi connectivity index (χ4v) is 4.61. The SMILES string of the molecule is CC(=O)C(=O)O.CC(=O)Oc1cc2c(s1)CCN(C(C(=O)C1CC1)c1ccccc1F)C2. The molecule has 1 aliphatic heterocycles. The van der Waals surface area contributed by atoms with Gasteiger partial charge in [-0.3, -0.25) is 19.3 Å². The third kappa shape index (κ3) is 5.86. The number of carboxylic acids is 1. The zero-order valence-corrected chi connectivity index (χ0v) is 18.6. The van der Waals surface area contributed by atoms with E-state index < -0.39 is 17.8 Å². The summed E-state index contributed by atoms with van der Waals surface area (Å²) in [7, 11) is 0. The lowest BCUT2D eigenvalue weighted by atomic mass is 9.95. The molecule has 0 saturated heterocycles. The predicted molar refractivity (Wildman–Crippen MR) is 115 cm³/mol. The van der Waals surface area contributed by atoms with Gasteiger partial charge in [0.2, 0.25) is 5.78 Å². The Labute approximate surface area is 188 Å². The quantitative estimate of drug-likeness (QED) is 0.519. The minimum Gasteiger partial charge on any atom is -0.476 e. The Kier molecular flexibility index (Phi) is 7.52. The van der Waals surface area contributed by atoms with Crippen LogP contribution in [0.5, 0.6) is 5.06 Å². The zero-order chi connectivity index (χ0) is 23.4. The molecule has 1 aromatic heterocycles. The number of fused-ring (bicyclic) bond motifs is 1. The molecule has 1 fully saturated rings. The van der Waals surface area contributed by atoms with E-state index in [1.165, 1.54) is 29.2 Å². The summed E-state index contributed by atoms with van der Waals surface area (Å²) in [5, 5.41) is 8.22. The van der Waals surface area contributed by atoms with E-state index in [4.69, 9.17) is 9.84 Å². The number of Topliss-reactive ketones (excluding diaryl/α,β-unsaturated/α-hetero) is 2. The molecule has 170 valence electrons. The first-order valence-corrected chi connectivity index (χ1v) is 11.0. The van der Waals surface area contributed by atoms with Crippen molar-refractivity contribution < 1.29 is 33.4 Å². The Morgan fingerprint density at radius 3 is 2.41 bits per heavy atom. The summed E-state index contributed by atoms with van der Waals surface area (Å²) in [4.78, 5) is 46.2. The van der Waals surface area contributed by atoms with Crippen LogP contribution in [-0.4, -0.2) is 40.1 Å². The molecule has 2 heterocycles. The van der Waals surface area contributed by atoms with Crippen LogP contribution in [-0.2, 0) is 32.1 Å². The van der Waals surface area contributed by atoms with Crippen molar-refractivity contribution in [3.63, 3.8) is 0 Å². The molecule has 1 N–H and O–H groups in total. The Bertz CT molecular complexity index is 1030. The number of nitrogens with zero attached hydrogens (tertiary/aromatic N) is 1. The number of benzene rings is 1. The van der Waals surface area contributed by atoms with E-state index in [0.717, 1.165) is 31.7 Å². The number of esters is 1. The van der Waals surface area contributed by atoms with Crippen LogP contribution in [0.1, 0.15) is 48.7 Å².